The zero-order valence-electron chi connectivity index (χ0n) is 15.6. The van der Waals surface area contributed by atoms with Crippen LogP contribution in [0.1, 0.15) is 30.9 Å². The predicted molar refractivity (Wildman–Crippen MR) is 108 cm³/mol. The van der Waals surface area contributed by atoms with E-state index < -0.39 is 12.0 Å². The first kappa shape index (κ1) is 20.1. The monoisotopic (exact) mass is 363 g/mol. The van der Waals surface area contributed by atoms with Crippen LogP contribution in [-0.2, 0) is 9.59 Å². The molecule has 5 heteroatoms. The summed E-state index contributed by atoms with van der Waals surface area (Å²) in [6.07, 6.45) is 2.85. The number of nitrogens with one attached hydrogen (secondary N) is 2. The molecule has 0 bridgehead atoms. The second-order valence-corrected chi connectivity index (χ2v) is 6.47. The Balaban J connectivity index is 2.27. The summed E-state index contributed by atoms with van der Waals surface area (Å²) < 4.78 is 0. The number of benzene rings is 2. The van der Waals surface area contributed by atoms with Gasteiger partial charge in [-0.15, -0.1) is 0 Å². The maximum Gasteiger partial charge on any atom is 0.262 e. The first-order valence-corrected chi connectivity index (χ1v) is 8.88. The summed E-state index contributed by atoms with van der Waals surface area (Å²) in [7, 11) is 0. The zero-order valence-corrected chi connectivity index (χ0v) is 15.6. The van der Waals surface area contributed by atoms with E-state index >= 15 is 0 Å². The first-order chi connectivity index (χ1) is 13.0. The molecule has 1 atom stereocenters. The molecule has 2 rings (SSSR count). The molecule has 0 fully saturated rings. The SMILES string of the molecule is C=C/C=N\NC(=O)[C@H](NC(=O)C(c1ccccc1)c1ccccc1)C(C)C. The van der Waals surface area contributed by atoms with Gasteiger partial charge in [0.1, 0.15) is 6.04 Å². The lowest BCUT2D eigenvalue weighted by molar-refractivity contribution is -0.130. The fourth-order valence-corrected chi connectivity index (χ4v) is 2.78. The molecular weight excluding hydrogens is 338 g/mol. The van der Waals surface area contributed by atoms with Crippen LogP contribution in [-0.4, -0.2) is 24.1 Å². The number of carbonyl (C=O) groups excluding carboxylic acids is 2. The van der Waals surface area contributed by atoms with Crippen molar-refractivity contribution in [1.82, 2.24) is 10.7 Å². The van der Waals surface area contributed by atoms with Gasteiger partial charge in [-0.1, -0.05) is 81.1 Å². The summed E-state index contributed by atoms with van der Waals surface area (Å²) in [5.74, 6) is -1.19. The van der Waals surface area contributed by atoms with E-state index in [9.17, 15) is 9.59 Å². The van der Waals surface area contributed by atoms with Gasteiger partial charge < -0.3 is 5.32 Å². The molecule has 0 aliphatic heterocycles. The number of carbonyl (C=O) groups is 2. The summed E-state index contributed by atoms with van der Waals surface area (Å²) in [5.41, 5.74) is 4.17. The third kappa shape index (κ3) is 5.64. The van der Waals surface area contributed by atoms with E-state index in [0.29, 0.717) is 0 Å². The molecule has 2 aromatic carbocycles. The van der Waals surface area contributed by atoms with Crippen LogP contribution in [0, 0.1) is 5.92 Å². The van der Waals surface area contributed by atoms with Crippen molar-refractivity contribution >= 4 is 18.0 Å². The molecule has 27 heavy (non-hydrogen) atoms. The molecule has 0 aliphatic carbocycles. The van der Waals surface area contributed by atoms with Gasteiger partial charge in [0, 0.05) is 6.21 Å². The molecule has 0 aromatic heterocycles. The number of hydrogen-bond acceptors (Lipinski definition) is 3. The van der Waals surface area contributed by atoms with Crippen molar-refractivity contribution < 1.29 is 9.59 Å². The van der Waals surface area contributed by atoms with Crippen LogP contribution >= 0.6 is 0 Å². The van der Waals surface area contributed by atoms with Gasteiger partial charge in [0.05, 0.1) is 5.92 Å². The maximum absolute atomic E-state index is 13.1. The lowest BCUT2D eigenvalue weighted by Crippen LogP contribution is -2.50. The van der Waals surface area contributed by atoms with Crippen LogP contribution in [0.4, 0.5) is 0 Å². The minimum atomic E-state index is -0.700. The van der Waals surface area contributed by atoms with Crippen LogP contribution in [0.15, 0.2) is 78.4 Å². The van der Waals surface area contributed by atoms with E-state index in [1.54, 1.807) is 0 Å². The highest BCUT2D eigenvalue weighted by Crippen LogP contribution is 2.25. The topological polar surface area (TPSA) is 70.6 Å². The molecule has 0 aliphatic rings. The van der Waals surface area contributed by atoms with Crippen LogP contribution < -0.4 is 10.7 Å². The van der Waals surface area contributed by atoms with E-state index in [2.05, 4.69) is 22.4 Å². The lowest BCUT2D eigenvalue weighted by Gasteiger charge is -2.24. The van der Waals surface area contributed by atoms with Gasteiger partial charge in [0.15, 0.2) is 0 Å². The standard InChI is InChI=1S/C22H25N3O2/c1-4-15-23-25-22(27)20(16(2)3)24-21(26)19(17-11-7-5-8-12-17)18-13-9-6-10-14-18/h4-16,19-20H,1H2,2-3H3,(H,24,26)(H,25,27)/b23-15-/t20-/m1/s1. The number of amides is 2. The van der Waals surface area contributed by atoms with Crippen molar-refractivity contribution in [2.24, 2.45) is 11.0 Å². The van der Waals surface area contributed by atoms with Crippen LogP contribution in [0.25, 0.3) is 0 Å². The van der Waals surface area contributed by atoms with E-state index in [4.69, 9.17) is 0 Å². The third-order valence-electron chi connectivity index (χ3n) is 4.13. The fourth-order valence-electron chi connectivity index (χ4n) is 2.78. The summed E-state index contributed by atoms with van der Waals surface area (Å²) in [6.45, 7) is 7.26. The number of nitrogens with zero attached hydrogens (tertiary/aromatic N) is 1. The first-order valence-electron chi connectivity index (χ1n) is 8.88. The Morgan fingerprint density at radius 2 is 1.44 bits per heavy atom. The molecule has 2 aromatic rings. The summed E-state index contributed by atoms with van der Waals surface area (Å²) in [4.78, 5) is 25.6. The predicted octanol–water partition coefficient (Wildman–Crippen LogP) is 3.25. The van der Waals surface area contributed by atoms with Gasteiger partial charge in [-0.25, -0.2) is 5.43 Å². The lowest BCUT2D eigenvalue weighted by atomic mass is 9.89. The van der Waals surface area contributed by atoms with E-state index in [1.165, 1.54) is 12.3 Å². The Bertz CT molecular complexity index is 746. The number of allylic oxidation sites excluding steroid dienone is 1. The second-order valence-electron chi connectivity index (χ2n) is 6.47. The van der Waals surface area contributed by atoms with Gasteiger partial charge in [-0.05, 0) is 23.1 Å². The normalized spacial score (nSPS) is 12.1. The Morgan fingerprint density at radius 3 is 1.89 bits per heavy atom. The summed E-state index contributed by atoms with van der Waals surface area (Å²) in [6, 6.07) is 18.4. The molecule has 0 unspecified atom stereocenters. The van der Waals surface area contributed by atoms with Gasteiger partial charge in [-0.3, -0.25) is 9.59 Å². The minimum Gasteiger partial charge on any atom is -0.343 e. The molecule has 0 radical (unpaired) electrons. The van der Waals surface area contributed by atoms with E-state index in [0.717, 1.165) is 11.1 Å². The molecular formula is C22H25N3O2. The largest absolute Gasteiger partial charge is 0.343 e. The number of hydrogen-bond donors (Lipinski definition) is 2. The molecule has 140 valence electrons. The molecule has 5 nitrogen and oxygen atoms in total. The van der Waals surface area contributed by atoms with Crippen molar-refractivity contribution in [2.75, 3.05) is 0 Å². The molecule has 0 spiro atoms. The Hall–Kier alpha value is -3.21. The highest BCUT2D eigenvalue weighted by molar-refractivity contribution is 5.92. The summed E-state index contributed by atoms with van der Waals surface area (Å²) >= 11 is 0. The minimum absolute atomic E-state index is 0.0972. The smallest absolute Gasteiger partial charge is 0.262 e. The van der Waals surface area contributed by atoms with E-state index in [1.807, 2.05) is 74.5 Å². The molecule has 0 saturated carbocycles. The van der Waals surface area contributed by atoms with Crippen molar-refractivity contribution in [3.8, 4) is 0 Å². The third-order valence-corrected chi connectivity index (χ3v) is 4.13. The maximum atomic E-state index is 13.1. The van der Waals surface area contributed by atoms with Crippen LogP contribution in [0.3, 0.4) is 0 Å². The second kappa shape index (κ2) is 10.1. The molecule has 2 amide bonds. The highest BCUT2D eigenvalue weighted by Gasteiger charge is 2.29. The Kier molecular flexibility index (Phi) is 7.49. The molecule has 2 N–H and O–H groups in total. The highest BCUT2D eigenvalue weighted by atomic mass is 16.2. The van der Waals surface area contributed by atoms with Crippen molar-refractivity contribution in [2.45, 2.75) is 25.8 Å². The number of hydrazone groups is 1. The van der Waals surface area contributed by atoms with Gasteiger partial charge in [0.25, 0.3) is 5.91 Å². The molecule has 0 heterocycles. The average Bonchev–Trinajstić information content (AvgIpc) is 2.68. The van der Waals surface area contributed by atoms with Crippen molar-refractivity contribution in [3.05, 3.63) is 84.4 Å². The van der Waals surface area contributed by atoms with E-state index in [-0.39, 0.29) is 17.7 Å². The Morgan fingerprint density at radius 1 is 0.926 bits per heavy atom. The van der Waals surface area contributed by atoms with Gasteiger partial charge >= 0.3 is 0 Å². The van der Waals surface area contributed by atoms with Crippen molar-refractivity contribution in [1.29, 1.82) is 0 Å². The quantitative estimate of drug-likeness (QED) is 0.558. The zero-order chi connectivity index (χ0) is 19.6. The van der Waals surface area contributed by atoms with Gasteiger partial charge in [-0.2, -0.15) is 5.10 Å². The van der Waals surface area contributed by atoms with Gasteiger partial charge in [0.2, 0.25) is 5.91 Å². The van der Waals surface area contributed by atoms with Crippen LogP contribution in [0.2, 0.25) is 0 Å². The average molecular weight is 363 g/mol. The fraction of sp³-hybridized carbons (Fsp3) is 0.227. The summed E-state index contributed by atoms with van der Waals surface area (Å²) in [5, 5.41) is 6.66. The van der Waals surface area contributed by atoms with Crippen molar-refractivity contribution in [3.63, 3.8) is 0 Å². The number of rotatable bonds is 8. The Labute approximate surface area is 160 Å². The van der Waals surface area contributed by atoms with Crippen LogP contribution in [0.5, 0.6) is 0 Å². The molecule has 0 saturated heterocycles.